The summed E-state index contributed by atoms with van der Waals surface area (Å²) in [6, 6.07) is 26.9. The van der Waals surface area contributed by atoms with Crippen molar-refractivity contribution in [3.05, 3.63) is 113 Å². The molecule has 0 aromatic heterocycles. The standard InChI is InChI=1S/C29H35FN4O3.C10H12O.C6H11NO2.C6H6/c1-36-26-5-2-20(30)12-25(26)33-8-6-29(7-9-33)13-19(14-29)16-32-10-11-34-21(17-32)18-37-27-23-15-31-28(35)22(23)3-4-24(27)34;11-10-6-5-8-3-1-2-4-9(8)7-10;1-7-6(9)4-2-3-5-8;1-2-4-6-5-3-1/h2-5,12,19,21H,6-11,13-18H2,1H3,(H,31,35);5-7,11H,1-4H2;5H,2-4H2,1H3,(H,7,9);1-6H. The number of piperidine rings is 1. The molecule has 2 aliphatic carbocycles. The Kier molecular flexibility index (Phi) is 15.6. The number of ether oxygens (including phenoxy) is 2. The molecule has 4 aromatic carbocycles. The second-order valence-corrected chi connectivity index (χ2v) is 17.7. The summed E-state index contributed by atoms with van der Waals surface area (Å²) < 4.78 is 25.6. The van der Waals surface area contributed by atoms with Gasteiger partial charge in [0.1, 0.15) is 36.0 Å². The van der Waals surface area contributed by atoms with Crippen LogP contribution in [0, 0.1) is 17.2 Å². The normalized spacial score (nSPS) is 19.2. The summed E-state index contributed by atoms with van der Waals surface area (Å²) in [6.07, 6.45) is 12.3. The molecular formula is C51H64FN5O6. The van der Waals surface area contributed by atoms with Gasteiger partial charge in [-0.3, -0.25) is 14.5 Å². The van der Waals surface area contributed by atoms with E-state index in [1.165, 1.54) is 68.7 Å². The molecule has 0 radical (unpaired) electrons. The van der Waals surface area contributed by atoms with Crippen LogP contribution in [-0.4, -0.2) is 94.2 Å². The number of phenols is 1. The van der Waals surface area contributed by atoms with Crippen molar-refractivity contribution in [1.82, 2.24) is 15.5 Å². The van der Waals surface area contributed by atoms with Gasteiger partial charge in [0.25, 0.3) is 5.91 Å². The van der Waals surface area contributed by atoms with Crippen molar-refractivity contribution in [1.29, 1.82) is 0 Å². The maximum Gasteiger partial charge on any atom is 0.252 e. The molecule has 0 bridgehead atoms. The van der Waals surface area contributed by atoms with Crippen LogP contribution < -0.4 is 29.9 Å². The Morgan fingerprint density at radius 3 is 2.38 bits per heavy atom. The average molecular weight is 862 g/mol. The smallest absolute Gasteiger partial charge is 0.252 e. The summed E-state index contributed by atoms with van der Waals surface area (Å²) in [4.78, 5) is 39.7. The van der Waals surface area contributed by atoms with Crippen LogP contribution in [0.3, 0.4) is 0 Å². The number of amides is 2. The van der Waals surface area contributed by atoms with E-state index in [2.05, 4.69) is 31.4 Å². The second-order valence-electron chi connectivity index (χ2n) is 17.7. The lowest BCUT2D eigenvalue weighted by atomic mass is 9.57. The van der Waals surface area contributed by atoms with Gasteiger partial charge in [-0.05, 0) is 117 Å². The number of nitrogens with one attached hydrogen (secondary N) is 2. The molecule has 2 amide bonds. The molecule has 1 saturated carbocycles. The van der Waals surface area contributed by atoms with E-state index in [1.807, 2.05) is 54.6 Å². The summed E-state index contributed by atoms with van der Waals surface area (Å²) >= 11 is 0. The first kappa shape index (κ1) is 45.4. The quantitative estimate of drug-likeness (QED) is 0.121. The van der Waals surface area contributed by atoms with Gasteiger partial charge < -0.3 is 39.8 Å². The monoisotopic (exact) mass is 861 g/mol. The fourth-order valence-corrected chi connectivity index (χ4v) is 10.2. The number of anilines is 2. The highest BCUT2D eigenvalue weighted by Gasteiger charge is 2.47. The minimum absolute atomic E-state index is 0.00292. The highest BCUT2D eigenvalue weighted by atomic mass is 19.1. The molecule has 1 unspecified atom stereocenters. The molecule has 12 heteroatoms. The van der Waals surface area contributed by atoms with Gasteiger partial charge in [0.2, 0.25) is 5.91 Å². The number of piperazine rings is 1. The number of nitrogens with zero attached hydrogens (tertiary/aromatic N) is 3. The maximum atomic E-state index is 13.9. The number of methoxy groups -OCH3 is 1. The molecule has 4 aromatic rings. The Morgan fingerprint density at radius 1 is 0.952 bits per heavy atom. The first-order valence-electron chi connectivity index (χ1n) is 22.8. The molecule has 63 heavy (non-hydrogen) atoms. The van der Waals surface area contributed by atoms with Crippen LogP contribution in [-0.2, 0) is 29.0 Å². The molecule has 11 nitrogen and oxygen atoms in total. The SMILES string of the molecule is CNC(=O)CCCC=O.COc1ccc(F)cc1N1CCC2(CC1)CC(CN1CCN3c4ccc5c(c4OCC3C1)CNC5=O)C2.Oc1ccc2c(c1)CCCC2.c1ccccc1. The van der Waals surface area contributed by atoms with Gasteiger partial charge in [0, 0.05) is 82.9 Å². The van der Waals surface area contributed by atoms with Crippen LogP contribution in [0.5, 0.6) is 17.2 Å². The predicted octanol–water partition coefficient (Wildman–Crippen LogP) is 7.72. The molecule has 4 aliphatic heterocycles. The van der Waals surface area contributed by atoms with Crippen molar-refractivity contribution >= 4 is 29.5 Å². The van der Waals surface area contributed by atoms with Crippen molar-refractivity contribution in [2.24, 2.45) is 11.3 Å². The Balaban J connectivity index is 0.000000184. The number of fused-ring (bicyclic) bond motifs is 6. The zero-order valence-corrected chi connectivity index (χ0v) is 37.0. The number of carbonyl (C=O) groups is 3. The average Bonchev–Trinajstić information content (AvgIpc) is 3.70. The van der Waals surface area contributed by atoms with E-state index in [9.17, 15) is 23.9 Å². The number of unbranched alkanes of at least 4 members (excludes halogenated alkanes) is 1. The van der Waals surface area contributed by atoms with E-state index in [0.29, 0.717) is 49.6 Å². The summed E-state index contributed by atoms with van der Waals surface area (Å²) in [5, 5.41) is 14.6. The van der Waals surface area contributed by atoms with Gasteiger partial charge in [-0.25, -0.2) is 4.39 Å². The Labute approximate surface area is 371 Å². The molecule has 4 heterocycles. The molecule has 1 atom stereocenters. The van der Waals surface area contributed by atoms with E-state index in [0.717, 1.165) is 85.3 Å². The van der Waals surface area contributed by atoms with Gasteiger partial charge >= 0.3 is 0 Å². The second kappa shape index (κ2) is 21.6. The van der Waals surface area contributed by atoms with Crippen molar-refractivity contribution in [2.75, 3.05) is 69.8 Å². The van der Waals surface area contributed by atoms with Crippen LogP contribution in [0.15, 0.2) is 84.9 Å². The maximum absolute atomic E-state index is 13.9. The number of aryl methyl sites for hydroxylation is 2. The lowest BCUT2D eigenvalue weighted by Gasteiger charge is -2.54. The van der Waals surface area contributed by atoms with Gasteiger partial charge in [0.05, 0.1) is 24.5 Å². The first-order chi connectivity index (χ1) is 30.7. The number of aromatic hydroxyl groups is 1. The number of aldehydes is 1. The van der Waals surface area contributed by atoms with Crippen LogP contribution in [0.4, 0.5) is 15.8 Å². The van der Waals surface area contributed by atoms with E-state index >= 15 is 0 Å². The fourth-order valence-electron chi connectivity index (χ4n) is 10.2. The van der Waals surface area contributed by atoms with Crippen molar-refractivity contribution in [3.8, 4) is 17.2 Å². The largest absolute Gasteiger partial charge is 0.508 e. The van der Waals surface area contributed by atoms with Crippen molar-refractivity contribution in [3.63, 3.8) is 0 Å². The molecule has 10 rings (SSSR count). The van der Waals surface area contributed by atoms with Gasteiger partial charge in [-0.2, -0.15) is 0 Å². The molecule has 336 valence electrons. The minimum atomic E-state index is -0.206. The van der Waals surface area contributed by atoms with Crippen molar-refractivity contribution < 1.29 is 33.4 Å². The minimum Gasteiger partial charge on any atom is -0.508 e. The Bertz CT molecular complexity index is 2130. The number of rotatable bonds is 8. The predicted molar refractivity (Wildman–Crippen MR) is 245 cm³/mol. The van der Waals surface area contributed by atoms with E-state index in [-0.39, 0.29) is 17.6 Å². The number of halogens is 1. The van der Waals surface area contributed by atoms with E-state index in [4.69, 9.17) is 9.47 Å². The lowest BCUT2D eigenvalue weighted by molar-refractivity contribution is -0.120. The van der Waals surface area contributed by atoms with E-state index < -0.39 is 0 Å². The number of benzene rings is 4. The molecule has 2 saturated heterocycles. The lowest BCUT2D eigenvalue weighted by Crippen LogP contribution is -2.59. The summed E-state index contributed by atoms with van der Waals surface area (Å²) in [5.74, 6) is 2.63. The number of phenolic OH excluding ortho intramolecular Hbond substituents is 1. The summed E-state index contributed by atoms with van der Waals surface area (Å²) in [5.41, 5.74) is 7.04. The summed E-state index contributed by atoms with van der Waals surface area (Å²) in [7, 11) is 3.24. The molecule has 3 fully saturated rings. The zero-order valence-electron chi connectivity index (χ0n) is 37.0. The Hall–Kier alpha value is -5.62. The Morgan fingerprint density at radius 2 is 1.68 bits per heavy atom. The third kappa shape index (κ3) is 11.5. The highest BCUT2D eigenvalue weighted by molar-refractivity contribution is 6.00. The van der Waals surface area contributed by atoms with Crippen LogP contribution in [0.25, 0.3) is 0 Å². The third-order valence-corrected chi connectivity index (χ3v) is 13.5. The molecule has 6 aliphatic rings. The molecular weight excluding hydrogens is 798 g/mol. The number of hydrogen-bond acceptors (Lipinski definition) is 9. The van der Waals surface area contributed by atoms with Crippen LogP contribution in [0.2, 0.25) is 0 Å². The van der Waals surface area contributed by atoms with Gasteiger partial charge in [-0.15, -0.1) is 0 Å². The van der Waals surface area contributed by atoms with Gasteiger partial charge in [0.15, 0.2) is 0 Å². The fraction of sp³-hybridized carbons (Fsp3) is 0.471. The third-order valence-electron chi connectivity index (χ3n) is 13.5. The number of hydrogen-bond donors (Lipinski definition) is 3. The van der Waals surface area contributed by atoms with Crippen LogP contribution in [0.1, 0.15) is 84.8 Å². The van der Waals surface area contributed by atoms with E-state index in [1.54, 1.807) is 32.4 Å². The van der Waals surface area contributed by atoms with Crippen molar-refractivity contribution in [2.45, 2.75) is 83.2 Å². The molecule has 1 spiro atoms. The summed E-state index contributed by atoms with van der Waals surface area (Å²) in [6.45, 7) is 7.46. The highest BCUT2D eigenvalue weighted by Crippen LogP contribution is 2.53. The zero-order chi connectivity index (χ0) is 44.2. The van der Waals surface area contributed by atoms with Crippen LogP contribution >= 0.6 is 0 Å². The topological polar surface area (TPSA) is 124 Å². The molecule has 3 N–H and O–H groups in total. The first-order valence-corrected chi connectivity index (χ1v) is 22.8. The number of carbonyl (C=O) groups excluding carboxylic acids is 3. The van der Waals surface area contributed by atoms with Gasteiger partial charge in [-0.1, -0.05) is 42.5 Å².